The minimum atomic E-state index is 0.783. The fraction of sp³-hybridized carbons (Fsp3) is 0.240. The van der Waals surface area contributed by atoms with E-state index in [1.54, 1.807) is 11.0 Å². The standard InChI is InChI=1S/C25H25N9/c1-31-16-22(15-29-31)21-12-23-24(28-18-30-34(23)17-21)32-7-9-33(10-8-32)25-26-13-20(14-27-25)11-19-5-3-2-4-6-19/h2-6,12-18H,7-11H2,1H3. The fourth-order valence-electron chi connectivity index (χ4n) is 4.44. The van der Waals surface area contributed by atoms with E-state index in [0.717, 1.165) is 66.6 Å². The van der Waals surface area contributed by atoms with Gasteiger partial charge in [-0.2, -0.15) is 10.2 Å². The zero-order valence-electron chi connectivity index (χ0n) is 19.0. The molecule has 1 aliphatic rings. The minimum absolute atomic E-state index is 0.783. The van der Waals surface area contributed by atoms with Crippen LogP contribution in [0.5, 0.6) is 0 Å². The molecule has 5 aromatic rings. The molecule has 0 aliphatic carbocycles. The molecule has 0 bridgehead atoms. The Hall–Kier alpha value is -4.27. The number of piperazine rings is 1. The molecule has 0 unspecified atom stereocenters. The van der Waals surface area contributed by atoms with Crippen LogP contribution in [-0.4, -0.2) is 60.5 Å². The van der Waals surface area contributed by atoms with Gasteiger partial charge in [-0.3, -0.25) is 4.68 Å². The van der Waals surface area contributed by atoms with Crippen molar-refractivity contribution in [1.82, 2.24) is 34.3 Å². The van der Waals surface area contributed by atoms with Gasteiger partial charge in [0.05, 0.1) is 6.20 Å². The van der Waals surface area contributed by atoms with Crippen LogP contribution in [0.4, 0.5) is 11.8 Å². The van der Waals surface area contributed by atoms with Gasteiger partial charge in [-0.1, -0.05) is 30.3 Å². The lowest BCUT2D eigenvalue weighted by atomic mass is 10.1. The number of hydrogen-bond acceptors (Lipinski definition) is 7. The highest BCUT2D eigenvalue weighted by atomic mass is 15.4. The van der Waals surface area contributed by atoms with Crippen LogP contribution >= 0.6 is 0 Å². The van der Waals surface area contributed by atoms with E-state index < -0.39 is 0 Å². The first-order valence-corrected chi connectivity index (χ1v) is 11.4. The van der Waals surface area contributed by atoms with Crippen molar-refractivity contribution in [3.63, 3.8) is 0 Å². The van der Waals surface area contributed by atoms with Crippen LogP contribution < -0.4 is 9.80 Å². The molecule has 0 amide bonds. The van der Waals surface area contributed by atoms with Crippen LogP contribution in [0.15, 0.2) is 73.7 Å². The van der Waals surface area contributed by atoms with Crippen molar-refractivity contribution in [3.8, 4) is 11.1 Å². The second kappa shape index (κ2) is 8.58. The summed E-state index contributed by atoms with van der Waals surface area (Å²) in [5, 5.41) is 8.69. The third kappa shape index (κ3) is 3.96. The summed E-state index contributed by atoms with van der Waals surface area (Å²) in [6.07, 6.45) is 12.2. The molecule has 0 N–H and O–H groups in total. The first-order chi connectivity index (χ1) is 16.7. The van der Waals surface area contributed by atoms with Crippen LogP contribution in [0.25, 0.3) is 16.6 Å². The first-order valence-electron chi connectivity index (χ1n) is 11.4. The van der Waals surface area contributed by atoms with E-state index in [1.165, 1.54) is 5.56 Å². The number of fused-ring (bicyclic) bond motifs is 1. The molecule has 9 heteroatoms. The van der Waals surface area contributed by atoms with Gasteiger partial charge in [-0.05, 0) is 17.2 Å². The molecule has 5 heterocycles. The van der Waals surface area contributed by atoms with E-state index in [-0.39, 0.29) is 0 Å². The second-order valence-electron chi connectivity index (χ2n) is 8.57. The van der Waals surface area contributed by atoms with Crippen molar-refractivity contribution in [1.29, 1.82) is 0 Å². The van der Waals surface area contributed by atoms with E-state index >= 15 is 0 Å². The van der Waals surface area contributed by atoms with Crippen LogP contribution in [0.2, 0.25) is 0 Å². The van der Waals surface area contributed by atoms with Gasteiger partial charge in [0.25, 0.3) is 0 Å². The van der Waals surface area contributed by atoms with Crippen LogP contribution in [0.3, 0.4) is 0 Å². The fourth-order valence-corrected chi connectivity index (χ4v) is 4.44. The Balaban J connectivity index is 1.15. The number of aromatic nitrogens is 7. The number of rotatable bonds is 5. The number of aryl methyl sites for hydroxylation is 1. The lowest BCUT2D eigenvalue weighted by molar-refractivity contribution is 0.633. The molecule has 34 heavy (non-hydrogen) atoms. The Morgan fingerprint density at radius 1 is 0.765 bits per heavy atom. The quantitative estimate of drug-likeness (QED) is 0.406. The van der Waals surface area contributed by atoms with Gasteiger partial charge in [0.2, 0.25) is 5.95 Å². The van der Waals surface area contributed by atoms with Gasteiger partial charge in [0.1, 0.15) is 11.8 Å². The zero-order valence-corrected chi connectivity index (χ0v) is 19.0. The molecule has 1 aromatic carbocycles. The maximum atomic E-state index is 4.64. The van der Waals surface area contributed by atoms with Crippen LogP contribution in [-0.2, 0) is 13.5 Å². The number of anilines is 2. The van der Waals surface area contributed by atoms with Gasteiger partial charge in [-0.15, -0.1) is 0 Å². The molecule has 0 radical (unpaired) electrons. The minimum Gasteiger partial charge on any atom is -0.351 e. The lowest BCUT2D eigenvalue weighted by Gasteiger charge is -2.35. The smallest absolute Gasteiger partial charge is 0.225 e. The van der Waals surface area contributed by atoms with Crippen LogP contribution in [0, 0.1) is 0 Å². The third-order valence-electron chi connectivity index (χ3n) is 6.23. The first kappa shape index (κ1) is 20.3. The van der Waals surface area contributed by atoms with Crippen molar-refractivity contribution in [2.24, 2.45) is 7.05 Å². The maximum Gasteiger partial charge on any atom is 0.225 e. The molecule has 4 aromatic heterocycles. The maximum absolute atomic E-state index is 4.64. The molecular formula is C25H25N9. The summed E-state index contributed by atoms with van der Waals surface area (Å²) in [5.74, 6) is 1.73. The molecule has 9 nitrogen and oxygen atoms in total. The normalized spacial score (nSPS) is 14.1. The summed E-state index contributed by atoms with van der Waals surface area (Å²) in [6.45, 7) is 3.36. The largest absolute Gasteiger partial charge is 0.351 e. The average molecular weight is 452 g/mol. The Bertz CT molecular complexity index is 1400. The Morgan fingerprint density at radius 2 is 1.53 bits per heavy atom. The second-order valence-corrected chi connectivity index (χ2v) is 8.57. The summed E-state index contributed by atoms with van der Waals surface area (Å²) in [5.41, 5.74) is 5.53. The predicted octanol–water partition coefficient (Wildman–Crippen LogP) is 2.84. The number of benzene rings is 1. The zero-order chi connectivity index (χ0) is 22.9. The SMILES string of the molecule is Cn1cc(-c2cc3c(N4CCN(c5ncc(Cc6ccccc6)cn5)CC4)ncnn3c2)cn1. The summed E-state index contributed by atoms with van der Waals surface area (Å²) in [7, 11) is 1.92. The van der Waals surface area contributed by atoms with Gasteiger partial charge in [0.15, 0.2) is 5.82 Å². The highest BCUT2D eigenvalue weighted by Crippen LogP contribution is 2.27. The number of nitrogens with zero attached hydrogens (tertiary/aromatic N) is 9. The highest BCUT2D eigenvalue weighted by molar-refractivity contribution is 5.77. The van der Waals surface area contributed by atoms with Crippen molar-refractivity contribution in [2.45, 2.75) is 6.42 Å². The van der Waals surface area contributed by atoms with E-state index in [9.17, 15) is 0 Å². The molecule has 0 spiro atoms. The van der Waals surface area contributed by atoms with E-state index in [2.05, 4.69) is 65.3 Å². The summed E-state index contributed by atoms with van der Waals surface area (Å²) in [6, 6.07) is 12.5. The molecule has 6 rings (SSSR count). The van der Waals surface area contributed by atoms with Crippen molar-refractivity contribution in [3.05, 3.63) is 84.8 Å². The number of hydrogen-bond donors (Lipinski definition) is 0. The summed E-state index contributed by atoms with van der Waals surface area (Å²) in [4.78, 5) is 18.4. The molecular weight excluding hydrogens is 426 g/mol. The monoisotopic (exact) mass is 451 g/mol. The van der Waals surface area contributed by atoms with Crippen molar-refractivity contribution < 1.29 is 0 Å². The predicted molar refractivity (Wildman–Crippen MR) is 131 cm³/mol. The average Bonchev–Trinajstić information content (AvgIpc) is 3.51. The Morgan fingerprint density at radius 3 is 2.26 bits per heavy atom. The molecule has 1 fully saturated rings. The van der Waals surface area contributed by atoms with E-state index in [1.807, 2.05) is 48.6 Å². The van der Waals surface area contributed by atoms with Crippen molar-refractivity contribution >= 4 is 17.3 Å². The summed E-state index contributed by atoms with van der Waals surface area (Å²) >= 11 is 0. The Kier molecular flexibility index (Phi) is 5.14. The molecule has 170 valence electrons. The Labute approximate surface area is 197 Å². The van der Waals surface area contributed by atoms with Gasteiger partial charge in [-0.25, -0.2) is 19.5 Å². The molecule has 0 saturated carbocycles. The highest BCUT2D eigenvalue weighted by Gasteiger charge is 2.22. The summed E-state index contributed by atoms with van der Waals surface area (Å²) < 4.78 is 3.70. The molecule has 0 atom stereocenters. The lowest BCUT2D eigenvalue weighted by Crippen LogP contribution is -2.47. The van der Waals surface area contributed by atoms with Gasteiger partial charge >= 0.3 is 0 Å². The molecule has 1 saturated heterocycles. The van der Waals surface area contributed by atoms with Crippen molar-refractivity contribution in [2.75, 3.05) is 36.0 Å². The van der Waals surface area contributed by atoms with E-state index in [0.29, 0.717) is 0 Å². The van der Waals surface area contributed by atoms with Crippen LogP contribution in [0.1, 0.15) is 11.1 Å². The topological polar surface area (TPSA) is 80.3 Å². The van der Waals surface area contributed by atoms with Gasteiger partial charge in [0, 0.05) is 75.6 Å². The van der Waals surface area contributed by atoms with E-state index in [4.69, 9.17) is 0 Å². The van der Waals surface area contributed by atoms with Gasteiger partial charge < -0.3 is 9.80 Å². The molecule has 1 aliphatic heterocycles. The third-order valence-corrected chi connectivity index (χ3v) is 6.23.